The monoisotopic (exact) mass is 395 g/mol. The zero-order valence-electron chi connectivity index (χ0n) is 14.8. The third-order valence-corrected chi connectivity index (χ3v) is 5.75. The van der Waals surface area contributed by atoms with E-state index in [1.165, 1.54) is 5.56 Å². The summed E-state index contributed by atoms with van der Waals surface area (Å²) in [7, 11) is 1.68. The molecule has 0 radical (unpaired) electrons. The van der Waals surface area contributed by atoms with E-state index in [2.05, 4.69) is 21.7 Å². The minimum atomic E-state index is 0.660. The van der Waals surface area contributed by atoms with Crippen molar-refractivity contribution in [1.82, 2.24) is 14.5 Å². The maximum absolute atomic E-state index is 6.38. The van der Waals surface area contributed by atoms with Gasteiger partial charge in [-0.15, -0.1) is 0 Å². The van der Waals surface area contributed by atoms with Crippen LogP contribution in [0.3, 0.4) is 0 Å². The first-order chi connectivity index (χ1) is 13.2. The van der Waals surface area contributed by atoms with E-state index in [4.69, 9.17) is 21.3 Å². The van der Waals surface area contributed by atoms with E-state index in [0.29, 0.717) is 6.54 Å². The van der Waals surface area contributed by atoms with Crippen LogP contribution in [0.2, 0.25) is 5.02 Å². The summed E-state index contributed by atoms with van der Waals surface area (Å²) < 4.78 is 7.40. The van der Waals surface area contributed by atoms with Gasteiger partial charge in [-0.3, -0.25) is 4.98 Å². The Kier molecular flexibility index (Phi) is 5.32. The molecule has 0 aliphatic rings. The molecule has 2 heterocycles. The number of fused-ring (bicyclic) bond motifs is 1. The second-order valence-electron chi connectivity index (χ2n) is 6.07. The number of methoxy groups -OCH3 is 1. The Balaban J connectivity index is 1.64. The Hall–Kier alpha value is -2.50. The summed E-state index contributed by atoms with van der Waals surface area (Å²) in [6.45, 7) is 0.660. The summed E-state index contributed by atoms with van der Waals surface area (Å²) in [4.78, 5) is 9.08. The van der Waals surface area contributed by atoms with Crippen molar-refractivity contribution in [3.63, 3.8) is 0 Å². The minimum absolute atomic E-state index is 0.660. The maximum Gasteiger partial charge on any atom is 0.169 e. The van der Waals surface area contributed by atoms with Crippen molar-refractivity contribution in [2.75, 3.05) is 7.11 Å². The van der Waals surface area contributed by atoms with Crippen molar-refractivity contribution in [1.29, 1.82) is 0 Å². The van der Waals surface area contributed by atoms with Crippen molar-refractivity contribution in [2.24, 2.45) is 0 Å². The van der Waals surface area contributed by atoms with Gasteiger partial charge < -0.3 is 9.30 Å². The van der Waals surface area contributed by atoms with Gasteiger partial charge in [0.05, 0.1) is 30.9 Å². The summed E-state index contributed by atoms with van der Waals surface area (Å²) in [5, 5.41) is 1.71. The quantitative estimate of drug-likeness (QED) is 0.408. The minimum Gasteiger partial charge on any atom is -0.497 e. The highest BCUT2D eigenvalue weighted by atomic mass is 35.5. The number of hydrogen-bond donors (Lipinski definition) is 0. The summed E-state index contributed by atoms with van der Waals surface area (Å²) >= 11 is 8.08. The number of hydrogen-bond acceptors (Lipinski definition) is 4. The van der Waals surface area contributed by atoms with Gasteiger partial charge in [0.15, 0.2) is 5.16 Å². The van der Waals surface area contributed by atoms with Crippen molar-refractivity contribution >= 4 is 34.4 Å². The van der Waals surface area contributed by atoms with Gasteiger partial charge in [0.2, 0.25) is 0 Å². The average molecular weight is 396 g/mol. The highest BCUT2D eigenvalue weighted by Gasteiger charge is 2.13. The fraction of sp³-hybridized carbons (Fsp3) is 0.143. The fourth-order valence-electron chi connectivity index (χ4n) is 2.88. The summed E-state index contributed by atoms with van der Waals surface area (Å²) in [5.74, 6) is 1.68. The van der Waals surface area contributed by atoms with Crippen LogP contribution in [0.25, 0.3) is 11.0 Å². The Bertz CT molecular complexity index is 1060. The van der Waals surface area contributed by atoms with Crippen molar-refractivity contribution < 1.29 is 4.74 Å². The summed E-state index contributed by atoms with van der Waals surface area (Å²) in [5.41, 5.74) is 4.23. The van der Waals surface area contributed by atoms with Crippen LogP contribution in [-0.2, 0) is 12.3 Å². The third-order valence-electron chi connectivity index (χ3n) is 4.33. The first-order valence-corrected chi connectivity index (χ1v) is 9.90. The number of imidazole rings is 1. The van der Waals surface area contributed by atoms with Gasteiger partial charge in [0.1, 0.15) is 5.75 Å². The lowest BCUT2D eigenvalue weighted by Crippen LogP contribution is -2.02. The predicted octanol–water partition coefficient (Wildman–Crippen LogP) is 5.43. The molecule has 0 fully saturated rings. The zero-order chi connectivity index (χ0) is 18.6. The number of pyridine rings is 1. The number of benzene rings is 2. The smallest absolute Gasteiger partial charge is 0.169 e. The number of ether oxygens (including phenoxy) is 1. The molecular formula is C21H18ClN3OS. The first-order valence-electron chi connectivity index (χ1n) is 8.54. The van der Waals surface area contributed by atoms with Gasteiger partial charge >= 0.3 is 0 Å². The lowest BCUT2D eigenvalue weighted by atomic mass is 10.2. The van der Waals surface area contributed by atoms with Crippen molar-refractivity contribution in [3.05, 3.63) is 83.1 Å². The molecule has 4 nitrogen and oxygen atoms in total. The van der Waals surface area contributed by atoms with E-state index in [0.717, 1.165) is 38.3 Å². The number of thioether (sulfide) groups is 1. The highest BCUT2D eigenvalue weighted by molar-refractivity contribution is 7.98. The summed E-state index contributed by atoms with van der Waals surface area (Å²) in [6.07, 6.45) is 3.63. The fourth-order valence-corrected chi connectivity index (χ4v) is 4.04. The molecule has 27 heavy (non-hydrogen) atoms. The van der Waals surface area contributed by atoms with E-state index in [9.17, 15) is 0 Å². The van der Waals surface area contributed by atoms with E-state index < -0.39 is 0 Å². The highest BCUT2D eigenvalue weighted by Crippen LogP contribution is 2.29. The van der Waals surface area contributed by atoms with Gasteiger partial charge in [-0.1, -0.05) is 53.7 Å². The van der Waals surface area contributed by atoms with Crippen molar-refractivity contribution in [2.45, 2.75) is 17.5 Å². The van der Waals surface area contributed by atoms with E-state index >= 15 is 0 Å². The van der Waals surface area contributed by atoms with Crippen LogP contribution >= 0.6 is 23.4 Å². The molecule has 2 aromatic carbocycles. The van der Waals surface area contributed by atoms with Gasteiger partial charge in [-0.05, 0) is 35.4 Å². The molecule has 0 aliphatic heterocycles. The molecule has 136 valence electrons. The van der Waals surface area contributed by atoms with E-state index in [1.807, 2.05) is 48.7 Å². The van der Waals surface area contributed by atoms with Crippen LogP contribution in [0.5, 0.6) is 5.75 Å². The number of nitrogens with zero attached hydrogens (tertiary/aromatic N) is 3. The molecule has 0 bridgehead atoms. The molecule has 4 aromatic rings. The number of rotatable bonds is 6. The Morgan fingerprint density at radius 1 is 1.07 bits per heavy atom. The van der Waals surface area contributed by atoms with Gasteiger partial charge in [-0.2, -0.15) is 0 Å². The Morgan fingerprint density at radius 3 is 2.67 bits per heavy atom. The molecule has 4 rings (SSSR count). The first kappa shape index (κ1) is 17.9. The van der Waals surface area contributed by atoms with Crippen LogP contribution < -0.4 is 4.74 Å². The van der Waals surface area contributed by atoms with Crippen LogP contribution in [-0.4, -0.2) is 21.6 Å². The van der Waals surface area contributed by atoms with Gasteiger partial charge in [0.25, 0.3) is 0 Å². The molecule has 6 heteroatoms. The second kappa shape index (κ2) is 8.03. The molecule has 0 spiro atoms. The largest absolute Gasteiger partial charge is 0.497 e. The molecule has 0 N–H and O–H groups in total. The maximum atomic E-state index is 6.38. The zero-order valence-corrected chi connectivity index (χ0v) is 16.4. The van der Waals surface area contributed by atoms with Crippen LogP contribution in [0, 0.1) is 0 Å². The van der Waals surface area contributed by atoms with Gasteiger partial charge in [-0.25, -0.2) is 4.98 Å². The van der Waals surface area contributed by atoms with E-state index in [-0.39, 0.29) is 0 Å². The number of halogens is 1. The molecule has 2 aromatic heterocycles. The Labute approximate surface area is 167 Å². The molecule has 0 unspecified atom stereocenters. The van der Waals surface area contributed by atoms with Crippen LogP contribution in [0.1, 0.15) is 11.1 Å². The van der Waals surface area contributed by atoms with Crippen LogP contribution in [0.15, 0.2) is 72.1 Å². The second-order valence-corrected chi connectivity index (χ2v) is 7.42. The average Bonchev–Trinajstić information content (AvgIpc) is 3.06. The lowest BCUT2D eigenvalue weighted by molar-refractivity contribution is 0.414. The standard InChI is InChI=1S/C21H18ClN3OS/c1-26-17-8-6-15(7-9-17)14-27-21-24-19-10-11-23-12-20(19)25(21)13-16-4-2-3-5-18(16)22/h2-12H,13-14H2,1H3. The lowest BCUT2D eigenvalue weighted by Gasteiger charge is -2.10. The molecule has 0 amide bonds. The number of aromatic nitrogens is 3. The normalized spacial score (nSPS) is 11.0. The molecule has 0 aliphatic carbocycles. The predicted molar refractivity (Wildman–Crippen MR) is 111 cm³/mol. The van der Waals surface area contributed by atoms with E-state index in [1.54, 1.807) is 25.1 Å². The SMILES string of the molecule is COc1ccc(CSc2nc3ccncc3n2Cc2ccccc2Cl)cc1. The topological polar surface area (TPSA) is 39.9 Å². The Morgan fingerprint density at radius 2 is 1.89 bits per heavy atom. The van der Waals surface area contributed by atoms with Gasteiger partial charge in [0, 0.05) is 17.0 Å². The molecule has 0 saturated carbocycles. The third kappa shape index (κ3) is 3.94. The molecule has 0 saturated heterocycles. The molecular weight excluding hydrogens is 378 g/mol. The molecule has 0 atom stereocenters. The summed E-state index contributed by atoms with van der Waals surface area (Å²) in [6, 6.07) is 18.0. The van der Waals surface area contributed by atoms with Crippen LogP contribution in [0.4, 0.5) is 0 Å². The van der Waals surface area contributed by atoms with Crippen molar-refractivity contribution in [3.8, 4) is 5.75 Å².